The number of aromatic nitrogens is 2. The van der Waals surface area contributed by atoms with E-state index in [9.17, 15) is 5.26 Å². The van der Waals surface area contributed by atoms with Crippen molar-refractivity contribution >= 4 is 43.6 Å². The van der Waals surface area contributed by atoms with Crippen molar-refractivity contribution in [3.05, 3.63) is 240 Å². The molecule has 5 heteroatoms. The molecule has 0 fully saturated rings. The summed E-state index contributed by atoms with van der Waals surface area (Å²) in [6, 6.07) is 69.5. The molecule has 2 heterocycles. The zero-order chi connectivity index (χ0) is 47.8. The van der Waals surface area contributed by atoms with Crippen LogP contribution >= 0.6 is 0 Å². The van der Waals surface area contributed by atoms with Crippen LogP contribution in [0.3, 0.4) is 0 Å². The molecule has 0 atom stereocenters. The Morgan fingerprint density at radius 1 is 0.343 bits per heavy atom. The van der Waals surface area contributed by atoms with E-state index in [0.717, 1.165) is 110 Å². The van der Waals surface area contributed by atoms with Crippen molar-refractivity contribution in [2.75, 3.05) is 0 Å². The van der Waals surface area contributed by atoms with Gasteiger partial charge in [-0.15, -0.1) is 0 Å². The van der Waals surface area contributed by atoms with Gasteiger partial charge in [0.15, 0.2) is 0 Å². The highest BCUT2D eigenvalue weighted by molar-refractivity contribution is 6.14. The Bertz CT molecular complexity index is 3700. The molecule has 0 saturated heterocycles. The smallest absolute Gasteiger partial charge is 0.133 e. The zero-order valence-electron chi connectivity index (χ0n) is 39.2. The Labute approximate surface area is 405 Å². The van der Waals surface area contributed by atoms with Gasteiger partial charge < -0.3 is 9.13 Å². The van der Waals surface area contributed by atoms with Crippen LogP contribution in [-0.4, -0.2) is 9.13 Å². The molecule has 0 spiro atoms. The van der Waals surface area contributed by atoms with E-state index in [4.69, 9.17) is 0 Å². The van der Waals surface area contributed by atoms with Gasteiger partial charge in [0.1, 0.15) is 23.3 Å². The number of aryl methyl sites for hydroxylation is 4. The SMILES string of the molecule is Cc1ccccc1-c1ccc2c(c1)c1cc(-c3ccccc3C)ccc1n2-c1cc(-c2c(F)cccc2F)cc(-n2c3ccc(-c4ccccc4C)cc3c3cc(-c4ccccc4C)ccc32)c1C#N. The molecule has 12 rings (SSSR count). The van der Waals surface area contributed by atoms with Crippen molar-refractivity contribution in [2.45, 2.75) is 27.7 Å². The summed E-state index contributed by atoms with van der Waals surface area (Å²) < 4.78 is 36.8. The molecule has 2 aromatic heterocycles. The molecule has 0 radical (unpaired) electrons. The Morgan fingerprint density at radius 3 is 0.929 bits per heavy atom. The van der Waals surface area contributed by atoms with E-state index in [1.807, 2.05) is 24.3 Å². The van der Waals surface area contributed by atoms with Crippen LogP contribution in [0.1, 0.15) is 27.8 Å². The highest BCUT2D eigenvalue weighted by Crippen LogP contribution is 2.44. The molecule has 0 aliphatic carbocycles. The third-order valence-electron chi connectivity index (χ3n) is 14.3. The highest BCUT2D eigenvalue weighted by Gasteiger charge is 2.25. The van der Waals surface area contributed by atoms with Gasteiger partial charge >= 0.3 is 0 Å². The predicted molar refractivity (Wildman–Crippen MR) is 286 cm³/mol. The summed E-state index contributed by atoms with van der Waals surface area (Å²) >= 11 is 0. The molecule has 3 nitrogen and oxygen atoms in total. The average molecular weight is 906 g/mol. The molecule has 0 bridgehead atoms. The lowest BCUT2D eigenvalue weighted by Gasteiger charge is -2.19. The first kappa shape index (κ1) is 42.5. The van der Waals surface area contributed by atoms with Crippen LogP contribution in [0.2, 0.25) is 0 Å². The summed E-state index contributed by atoms with van der Waals surface area (Å²) in [6.07, 6.45) is 0. The predicted octanol–water partition coefficient (Wildman–Crippen LogP) is 17.6. The van der Waals surface area contributed by atoms with E-state index in [1.165, 1.54) is 18.2 Å². The summed E-state index contributed by atoms with van der Waals surface area (Å²) in [5.41, 5.74) is 18.3. The minimum atomic E-state index is -0.692. The van der Waals surface area contributed by atoms with E-state index < -0.39 is 11.6 Å². The fourth-order valence-electron chi connectivity index (χ4n) is 10.8. The normalized spacial score (nSPS) is 11.6. The first-order valence-electron chi connectivity index (χ1n) is 23.6. The lowest BCUT2D eigenvalue weighted by molar-refractivity contribution is 0.589. The van der Waals surface area contributed by atoms with Gasteiger partial charge in [-0.3, -0.25) is 0 Å². The van der Waals surface area contributed by atoms with Crippen LogP contribution in [0.5, 0.6) is 0 Å². The molecule has 0 aliphatic heterocycles. The molecule has 0 N–H and O–H groups in total. The van der Waals surface area contributed by atoms with Gasteiger partial charge in [-0.05, 0) is 173 Å². The molecule has 0 aliphatic rings. The van der Waals surface area contributed by atoms with Crippen molar-refractivity contribution < 1.29 is 8.78 Å². The number of rotatable bonds is 7. The third-order valence-corrected chi connectivity index (χ3v) is 14.3. The number of fused-ring (bicyclic) bond motifs is 6. The van der Waals surface area contributed by atoms with Crippen molar-refractivity contribution in [1.29, 1.82) is 5.26 Å². The molecule has 0 saturated carbocycles. The van der Waals surface area contributed by atoms with Crippen LogP contribution in [0.25, 0.3) is 111 Å². The minimum Gasteiger partial charge on any atom is -0.308 e. The summed E-state index contributed by atoms with van der Waals surface area (Å²) in [4.78, 5) is 0. The first-order valence-corrected chi connectivity index (χ1v) is 23.6. The largest absolute Gasteiger partial charge is 0.308 e. The summed E-state index contributed by atoms with van der Waals surface area (Å²) in [7, 11) is 0. The molecule has 0 amide bonds. The van der Waals surface area contributed by atoms with E-state index >= 15 is 8.78 Å². The fraction of sp³-hybridized carbons (Fsp3) is 0.0615. The van der Waals surface area contributed by atoms with Crippen LogP contribution in [0, 0.1) is 50.7 Å². The van der Waals surface area contributed by atoms with Crippen molar-refractivity contribution in [2.24, 2.45) is 0 Å². The van der Waals surface area contributed by atoms with Crippen LogP contribution < -0.4 is 0 Å². The molecular formula is C65H45F2N3. The van der Waals surface area contributed by atoms with E-state index in [-0.39, 0.29) is 5.56 Å². The second kappa shape index (κ2) is 16.7. The first-order chi connectivity index (χ1) is 34.2. The lowest BCUT2D eigenvalue weighted by atomic mass is 9.97. The standard InChI is InChI=1S/C65H45F2N3/c1-39-14-5-9-18-48(39)43-24-28-59-52(32-43)53-33-44(49-19-10-6-15-40(49)2)25-29-60(53)69(59)63-36-47(65-57(66)22-13-23-58(65)67)37-64(56(63)38-68)70-61-30-26-45(50-20-11-7-16-41(50)3)34-54(61)55-35-46(27-31-62(55)70)51-21-12-8-17-42(51)4/h5-37H,1-4H3. The molecule has 10 aromatic carbocycles. The summed E-state index contributed by atoms with van der Waals surface area (Å²) in [6.45, 7) is 8.48. The maximum atomic E-state index is 16.3. The van der Waals surface area contributed by atoms with Crippen molar-refractivity contribution in [3.63, 3.8) is 0 Å². The van der Waals surface area contributed by atoms with Crippen LogP contribution in [0.15, 0.2) is 200 Å². The van der Waals surface area contributed by atoms with Crippen molar-refractivity contribution in [3.8, 4) is 73.1 Å². The zero-order valence-corrected chi connectivity index (χ0v) is 39.2. The third kappa shape index (κ3) is 6.83. The minimum absolute atomic E-state index is 0.164. The summed E-state index contributed by atoms with van der Waals surface area (Å²) in [5.74, 6) is -1.38. The van der Waals surface area contributed by atoms with Gasteiger partial charge in [-0.2, -0.15) is 5.26 Å². The van der Waals surface area contributed by atoms with E-state index in [2.05, 4.69) is 188 Å². The number of nitrogens with zero attached hydrogens (tertiary/aromatic N) is 3. The number of hydrogen-bond acceptors (Lipinski definition) is 1. The lowest BCUT2D eigenvalue weighted by Crippen LogP contribution is -2.06. The maximum Gasteiger partial charge on any atom is 0.133 e. The second-order valence-electron chi connectivity index (χ2n) is 18.5. The van der Waals surface area contributed by atoms with E-state index in [1.54, 1.807) is 12.1 Å². The fourth-order valence-corrected chi connectivity index (χ4v) is 10.8. The molecule has 70 heavy (non-hydrogen) atoms. The van der Waals surface area contributed by atoms with Gasteiger partial charge in [0.05, 0.1) is 39.0 Å². The monoisotopic (exact) mass is 905 g/mol. The topological polar surface area (TPSA) is 33.6 Å². The second-order valence-corrected chi connectivity index (χ2v) is 18.5. The van der Waals surface area contributed by atoms with Crippen LogP contribution in [0.4, 0.5) is 8.78 Å². The van der Waals surface area contributed by atoms with Crippen molar-refractivity contribution in [1.82, 2.24) is 9.13 Å². The van der Waals surface area contributed by atoms with Gasteiger partial charge in [0.2, 0.25) is 0 Å². The average Bonchev–Trinajstić information content (AvgIpc) is 3.87. The maximum absolute atomic E-state index is 16.3. The number of benzene rings is 10. The Balaban J connectivity index is 1.20. The van der Waals surface area contributed by atoms with Crippen LogP contribution in [-0.2, 0) is 0 Å². The van der Waals surface area contributed by atoms with Gasteiger partial charge in [-0.25, -0.2) is 8.78 Å². The van der Waals surface area contributed by atoms with Gasteiger partial charge in [0, 0.05) is 21.5 Å². The molecule has 334 valence electrons. The summed E-state index contributed by atoms with van der Waals surface area (Å²) in [5, 5.41) is 15.7. The molecule has 0 unspecified atom stereocenters. The molecule has 12 aromatic rings. The number of nitriles is 1. The van der Waals surface area contributed by atoms with Gasteiger partial charge in [-0.1, -0.05) is 127 Å². The number of hydrogen-bond donors (Lipinski definition) is 0. The van der Waals surface area contributed by atoms with Gasteiger partial charge in [0.25, 0.3) is 0 Å². The van der Waals surface area contributed by atoms with E-state index in [0.29, 0.717) is 22.5 Å². The Hall–Kier alpha value is -8.85. The number of halogens is 2. The molecular weight excluding hydrogens is 861 g/mol. The Kier molecular flexibility index (Phi) is 10.2. The Morgan fingerprint density at radius 2 is 0.643 bits per heavy atom. The highest BCUT2D eigenvalue weighted by atomic mass is 19.1. The quantitative estimate of drug-likeness (QED) is 0.157.